The maximum atomic E-state index is 11.9. The van der Waals surface area contributed by atoms with Crippen LogP contribution >= 0.6 is 11.3 Å². The summed E-state index contributed by atoms with van der Waals surface area (Å²) in [6, 6.07) is -0.467. The van der Waals surface area contributed by atoms with Gasteiger partial charge in [-0.15, -0.1) is 11.3 Å². The second-order valence-electron chi connectivity index (χ2n) is 5.26. The van der Waals surface area contributed by atoms with Gasteiger partial charge in [0.05, 0.1) is 12.3 Å². The molecule has 0 bridgehead atoms. The predicted octanol–water partition coefficient (Wildman–Crippen LogP) is 1.97. The molecule has 2 amide bonds. The number of urea groups is 1. The van der Waals surface area contributed by atoms with Crippen LogP contribution in [-0.4, -0.2) is 41.2 Å². The topological polar surface area (TPSA) is 118 Å². The van der Waals surface area contributed by atoms with E-state index in [4.69, 9.17) is 9.84 Å². The van der Waals surface area contributed by atoms with Crippen LogP contribution in [0, 0.1) is 0 Å². The van der Waals surface area contributed by atoms with E-state index >= 15 is 0 Å². The number of nitrogens with one attached hydrogen (secondary N) is 2. The van der Waals surface area contributed by atoms with Gasteiger partial charge in [-0.2, -0.15) is 0 Å². The van der Waals surface area contributed by atoms with E-state index in [0.717, 1.165) is 0 Å². The summed E-state index contributed by atoms with van der Waals surface area (Å²) < 4.78 is 5.01. The summed E-state index contributed by atoms with van der Waals surface area (Å²) >= 11 is 1.20. The lowest BCUT2D eigenvalue weighted by Crippen LogP contribution is -2.32. The number of carboxylic acids is 1. The molecule has 1 aromatic rings. The molecule has 0 fully saturated rings. The van der Waals surface area contributed by atoms with Gasteiger partial charge < -0.3 is 15.2 Å². The molecule has 9 heteroatoms. The smallest absolute Gasteiger partial charge is 0.321 e. The predicted molar refractivity (Wildman–Crippen MR) is 85.7 cm³/mol. The molecule has 0 aliphatic rings. The molecule has 23 heavy (non-hydrogen) atoms. The normalized spacial score (nSPS) is 10.9. The fraction of sp³-hybridized carbons (Fsp3) is 0.571. The standard InChI is InChI=1S/C14H21N3O5S/c1-4-22-11(20)14(2,3)9-8-23-13(16-9)17-12(21)15-7-5-6-10(18)19/h8H,4-7H2,1-3H3,(H,18,19)(H2,15,16,17,21). The number of rotatable bonds is 8. The Kier molecular flexibility index (Phi) is 6.95. The highest BCUT2D eigenvalue weighted by molar-refractivity contribution is 7.14. The third-order valence-corrected chi connectivity index (χ3v) is 3.76. The highest BCUT2D eigenvalue weighted by atomic mass is 32.1. The molecule has 0 spiro atoms. The van der Waals surface area contributed by atoms with E-state index in [-0.39, 0.29) is 25.5 Å². The fourth-order valence-corrected chi connectivity index (χ4v) is 2.49. The van der Waals surface area contributed by atoms with E-state index < -0.39 is 17.4 Å². The molecule has 0 aliphatic heterocycles. The first-order valence-corrected chi connectivity index (χ1v) is 8.05. The number of thiazole rings is 1. The van der Waals surface area contributed by atoms with Gasteiger partial charge in [0.1, 0.15) is 5.41 Å². The van der Waals surface area contributed by atoms with Gasteiger partial charge in [-0.3, -0.25) is 14.9 Å². The first-order valence-electron chi connectivity index (χ1n) is 7.17. The van der Waals surface area contributed by atoms with Crippen molar-refractivity contribution in [1.29, 1.82) is 0 Å². The fourth-order valence-electron chi connectivity index (χ4n) is 1.62. The number of carbonyl (C=O) groups is 3. The first-order chi connectivity index (χ1) is 10.8. The van der Waals surface area contributed by atoms with Gasteiger partial charge in [0.25, 0.3) is 0 Å². The molecule has 0 unspecified atom stereocenters. The SMILES string of the molecule is CCOC(=O)C(C)(C)c1csc(NC(=O)NCCCC(=O)O)n1. The van der Waals surface area contributed by atoms with Gasteiger partial charge in [-0.1, -0.05) is 0 Å². The summed E-state index contributed by atoms with van der Waals surface area (Å²) in [4.78, 5) is 38.2. The Hall–Kier alpha value is -2.16. The van der Waals surface area contributed by atoms with Crippen molar-refractivity contribution in [3.63, 3.8) is 0 Å². The van der Waals surface area contributed by atoms with Crippen LogP contribution in [0.5, 0.6) is 0 Å². The monoisotopic (exact) mass is 343 g/mol. The van der Waals surface area contributed by atoms with Crippen molar-refractivity contribution in [3.8, 4) is 0 Å². The molecule has 3 N–H and O–H groups in total. The van der Waals surface area contributed by atoms with Crippen LogP contribution in [0.25, 0.3) is 0 Å². The molecule has 1 heterocycles. The summed E-state index contributed by atoms with van der Waals surface area (Å²) in [5.74, 6) is -1.28. The highest BCUT2D eigenvalue weighted by Gasteiger charge is 2.34. The number of carboxylic acid groups (broad SMARTS) is 1. The zero-order valence-corrected chi connectivity index (χ0v) is 14.2. The number of hydrogen-bond acceptors (Lipinski definition) is 6. The van der Waals surface area contributed by atoms with Crippen molar-refractivity contribution in [1.82, 2.24) is 10.3 Å². The van der Waals surface area contributed by atoms with Gasteiger partial charge in [-0.05, 0) is 27.2 Å². The molecule has 0 aromatic carbocycles. The Morgan fingerprint density at radius 2 is 2.09 bits per heavy atom. The second kappa shape index (κ2) is 8.47. The van der Waals surface area contributed by atoms with Gasteiger partial charge >= 0.3 is 18.0 Å². The van der Waals surface area contributed by atoms with Crippen molar-refractivity contribution >= 4 is 34.4 Å². The van der Waals surface area contributed by atoms with Crippen molar-refractivity contribution in [2.24, 2.45) is 0 Å². The van der Waals surface area contributed by atoms with Crippen LogP contribution in [0.1, 0.15) is 39.3 Å². The lowest BCUT2D eigenvalue weighted by Gasteiger charge is -2.19. The quantitative estimate of drug-likeness (QED) is 0.491. The summed E-state index contributed by atoms with van der Waals surface area (Å²) in [6.07, 6.45) is 0.344. The summed E-state index contributed by atoms with van der Waals surface area (Å²) in [5, 5.41) is 15.6. The van der Waals surface area contributed by atoms with E-state index in [0.29, 0.717) is 17.2 Å². The Balaban J connectivity index is 2.54. The number of esters is 1. The summed E-state index contributed by atoms with van der Waals surface area (Å²) in [7, 11) is 0. The summed E-state index contributed by atoms with van der Waals surface area (Å²) in [5.41, 5.74) is -0.383. The zero-order valence-electron chi connectivity index (χ0n) is 13.3. The number of aromatic nitrogens is 1. The average Bonchev–Trinajstić information content (AvgIpc) is 2.92. The van der Waals surface area contributed by atoms with Crippen molar-refractivity contribution in [2.45, 2.75) is 39.0 Å². The van der Waals surface area contributed by atoms with Gasteiger partial charge in [0, 0.05) is 18.3 Å². The second-order valence-corrected chi connectivity index (χ2v) is 6.12. The molecule has 0 radical (unpaired) electrons. The van der Waals surface area contributed by atoms with E-state index in [2.05, 4.69) is 15.6 Å². The van der Waals surface area contributed by atoms with E-state index in [9.17, 15) is 14.4 Å². The molecule has 0 atom stereocenters. The molecule has 0 saturated heterocycles. The van der Waals surface area contributed by atoms with Crippen molar-refractivity contribution < 1.29 is 24.2 Å². The Morgan fingerprint density at radius 3 is 2.70 bits per heavy atom. The van der Waals surface area contributed by atoms with Crippen LogP contribution in [0.15, 0.2) is 5.38 Å². The average molecular weight is 343 g/mol. The van der Waals surface area contributed by atoms with Crippen molar-refractivity contribution in [3.05, 3.63) is 11.1 Å². The summed E-state index contributed by atoms with van der Waals surface area (Å²) in [6.45, 7) is 5.68. The number of ether oxygens (including phenoxy) is 1. The van der Waals surface area contributed by atoms with Gasteiger partial charge in [0.2, 0.25) is 0 Å². The van der Waals surface area contributed by atoms with Crippen LogP contribution < -0.4 is 10.6 Å². The Labute approximate surface area is 138 Å². The Bertz CT molecular complexity index is 571. The number of aliphatic carboxylic acids is 1. The zero-order chi connectivity index (χ0) is 17.5. The third kappa shape index (κ3) is 5.85. The van der Waals surface area contributed by atoms with Crippen molar-refractivity contribution in [2.75, 3.05) is 18.5 Å². The Morgan fingerprint density at radius 1 is 1.39 bits per heavy atom. The maximum Gasteiger partial charge on any atom is 0.321 e. The first kappa shape index (κ1) is 18.9. The van der Waals surface area contributed by atoms with Gasteiger partial charge in [0.15, 0.2) is 5.13 Å². The molecule has 8 nitrogen and oxygen atoms in total. The highest BCUT2D eigenvalue weighted by Crippen LogP contribution is 2.28. The lowest BCUT2D eigenvalue weighted by molar-refractivity contribution is -0.149. The molecular weight excluding hydrogens is 322 g/mol. The molecule has 0 saturated carbocycles. The number of amides is 2. The molecule has 128 valence electrons. The third-order valence-electron chi connectivity index (χ3n) is 3.00. The molecule has 1 aromatic heterocycles. The van der Waals surface area contributed by atoms with Gasteiger partial charge in [-0.25, -0.2) is 9.78 Å². The van der Waals surface area contributed by atoms with E-state index in [1.54, 1.807) is 26.2 Å². The number of hydrogen-bond donors (Lipinski definition) is 3. The molecule has 1 rings (SSSR count). The van der Waals surface area contributed by atoms with Crippen LogP contribution in [0.4, 0.5) is 9.93 Å². The largest absolute Gasteiger partial charge is 0.481 e. The van der Waals surface area contributed by atoms with E-state index in [1.165, 1.54) is 11.3 Å². The van der Waals surface area contributed by atoms with E-state index in [1.807, 2.05) is 0 Å². The van der Waals surface area contributed by atoms with Crippen LogP contribution in [-0.2, 0) is 19.7 Å². The lowest BCUT2D eigenvalue weighted by atomic mass is 9.90. The minimum absolute atomic E-state index is 0.00455. The molecular formula is C14H21N3O5S. The molecule has 0 aliphatic carbocycles. The number of carbonyl (C=O) groups excluding carboxylic acids is 2. The van der Waals surface area contributed by atoms with Crippen LogP contribution in [0.2, 0.25) is 0 Å². The number of anilines is 1. The number of nitrogens with zero attached hydrogens (tertiary/aromatic N) is 1. The minimum Gasteiger partial charge on any atom is -0.481 e. The maximum absolute atomic E-state index is 11.9. The van der Waals surface area contributed by atoms with Crippen LogP contribution in [0.3, 0.4) is 0 Å². The minimum atomic E-state index is -0.905.